The van der Waals surface area contributed by atoms with E-state index in [9.17, 15) is 9.18 Å². The predicted molar refractivity (Wildman–Crippen MR) is 112 cm³/mol. The van der Waals surface area contributed by atoms with E-state index < -0.39 is 0 Å². The lowest BCUT2D eigenvalue weighted by Crippen LogP contribution is -2.36. The molecule has 0 radical (unpaired) electrons. The first-order chi connectivity index (χ1) is 13.7. The molecule has 2 aliphatic heterocycles. The third-order valence-corrected chi connectivity index (χ3v) is 6.68. The van der Waals surface area contributed by atoms with Crippen molar-refractivity contribution in [3.05, 3.63) is 65.5 Å². The van der Waals surface area contributed by atoms with E-state index >= 15 is 0 Å². The molecule has 0 saturated carbocycles. The van der Waals surface area contributed by atoms with E-state index in [2.05, 4.69) is 4.90 Å². The molecule has 2 aliphatic rings. The van der Waals surface area contributed by atoms with Crippen LogP contribution in [0.2, 0.25) is 0 Å². The van der Waals surface area contributed by atoms with E-state index in [-0.39, 0.29) is 17.0 Å². The van der Waals surface area contributed by atoms with Crippen LogP contribution in [-0.4, -0.2) is 56.0 Å². The highest BCUT2D eigenvalue weighted by molar-refractivity contribution is 7.99. The van der Waals surface area contributed by atoms with Gasteiger partial charge in [-0.15, -0.1) is 0 Å². The van der Waals surface area contributed by atoms with E-state index in [1.807, 2.05) is 41.3 Å². The normalized spacial score (nSPS) is 20.7. The van der Waals surface area contributed by atoms with Crippen LogP contribution in [0.5, 0.6) is 0 Å². The minimum atomic E-state index is -0.154. The fraction of sp³-hybridized carbons (Fsp3) is 0.409. The summed E-state index contributed by atoms with van der Waals surface area (Å²) in [5.74, 6) is 0.721. The molecule has 2 heterocycles. The second kappa shape index (κ2) is 8.97. The number of rotatable bonds is 3. The maximum absolute atomic E-state index is 14.1. The average Bonchev–Trinajstić information content (AvgIpc) is 3.00. The Morgan fingerprint density at radius 3 is 2.50 bits per heavy atom. The van der Waals surface area contributed by atoms with Gasteiger partial charge in [-0.05, 0) is 36.8 Å². The first-order valence-electron chi connectivity index (χ1n) is 9.80. The van der Waals surface area contributed by atoms with Crippen molar-refractivity contribution in [2.45, 2.75) is 11.7 Å². The SMILES string of the molecule is O=C(c1ccc(N2CCOCC2)cc1)N1CCSC(c2ccccc2F)CC1. The molecule has 1 amide bonds. The molecule has 2 fully saturated rings. The molecule has 0 N–H and O–H groups in total. The summed E-state index contributed by atoms with van der Waals surface area (Å²) < 4.78 is 19.5. The van der Waals surface area contributed by atoms with Crippen molar-refractivity contribution in [1.29, 1.82) is 0 Å². The topological polar surface area (TPSA) is 32.8 Å². The molecular formula is C22H25FN2O2S. The van der Waals surface area contributed by atoms with Crippen LogP contribution in [0.1, 0.15) is 27.6 Å². The number of halogens is 1. The fourth-order valence-corrected chi connectivity index (χ4v) is 5.03. The van der Waals surface area contributed by atoms with Gasteiger partial charge in [0.25, 0.3) is 5.91 Å². The lowest BCUT2D eigenvalue weighted by molar-refractivity contribution is 0.0766. The van der Waals surface area contributed by atoms with Gasteiger partial charge in [0.15, 0.2) is 0 Å². The Morgan fingerprint density at radius 1 is 1.00 bits per heavy atom. The van der Waals surface area contributed by atoms with Crippen molar-refractivity contribution < 1.29 is 13.9 Å². The summed E-state index contributed by atoms with van der Waals surface area (Å²) >= 11 is 1.74. The fourth-order valence-electron chi connectivity index (χ4n) is 3.78. The molecule has 28 heavy (non-hydrogen) atoms. The Morgan fingerprint density at radius 2 is 1.75 bits per heavy atom. The lowest BCUT2D eigenvalue weighted by atomic mass is 10.1. The molecule has 0 aliphatic carbocycles. The summed E-state index contributed by atoms with van der Waals surface area (Å²) in [7, 11) is 0. The number of hydrogen-bond acceptors (Lipinski definition) is 4. The average molecular weight is 401 g/mol. The molecule has 0 bridgehead atoms. The number of amides is 1. The van der Waals surface area contributed by atoms with Crippen molar-refractivity contribution >= 4 is 23.4 Å². The Kier molecular flexibility index (Phi) is 6.17. The Hall–Kier alpha value is -2.05. The van der Waals surface area contributed by atoms with Crippen LogP contribution in [0, 0.1) is 5.82 Å². The van der Waals surface area contributed by atoms with Crippen molar-refractivity contribution in [2.75, 3.05) is 50.0 Å². The molecule has 6 heteroatoms. The molecule has 2 saturated heterocycles. The van der Waals surface area contributed by atoms with E-state index in [1.54, 1.807) is 17.8 Å². The zero-order valence-corrected chi connectivity index (χ0v) is 16.7. The van der Waals surface area contributed by atoms with E-state index in [0.29, 0.717) is 18.7 Å². The number of carbonyl (C=O) groups excluding carboxylic acids is 1. The van der Waals surface area contributed by atoms with Gasteiger partial charge in [-0.1, -0.05) is 18.2 Å². The summed E-state index contributed by atoms with van der Waals surface area (Å²) in [5, 5.41) is 0.0997. The van der Waals surface area contributed by atoms with Gasteiger partial charge in [-0.3, -0.25) is 4.79 Å². The van der Waals surface area contributed by atoms with Gasteiger partial charge >= 0.3 is 0 Å². The quantitative estimate of drug-likeness (QED) is 0.780. The van der Waals surface area contributed by atoms with Crippen LogP contribution in [0.3, 0.4) is 0 Å². The van der Waals surface area contributed by atoms with Gasteiger partial charge < -0.3 is 14.5 Å². The van der Waals surface area contributed by atoms with Crippen LogP contribution in [-0.2, 0) is 4.74 Å². The molecule has 2 aromatic rings. The van der Waals surface area contributed by atoms with Gasteiger partial charge in [0.05, 0.1) is 13.2 Å². The van der Waals surface area contributed by atoms with Gasteiger partial charge in [0.1, 0.15) is 5.82 Å². The minimum absolute atomic E-state index is 0.0586. The molecule has 148 valence electrons. The Balaban J connectivity index is 1.40. The van der Waals surface area contributed by atoms with Gasteiger partial charge in [-0.2, -0.15) is 11.8 Å². The first kappa shape index (κ1) is 19.3. The number of anilines is 1. The summed E-state index contributed by atoms with van der Waals surface area (Å²) in [6, 6.07) is 14.8. The number of nitrogens with zero attached hydrogens (tertiary/aromatic N) is 2. The maximum Gasteiger partial charge on any atom is 0.253 e. The number of thioether (sulfide) groups is 1. The third-order valence-electron chi connectivity index (χ3n) is 5.37. The molecule has 0 spiro atoms. The van der Waals surface area contributed by atoms with Crippen LogP contribution >= 0.6 is 11.8 Å². The van der Waals surface area contributed by atoms with E-state index in [0.717, 1.165) is 49.7 Å². The summed E-state index contributed by atoms with van der Waals surface area (Å²) in [6.07, 6.45) is 0.767. The number of hydrogen-bond donors (Lipinski definition) is 0. The van der Waals surface area contributed by atoms with Gasteiger partial charge in [0, 0.05) is 54.0 Å². The second-order valence-corrected chi connectivity index (χ2v) is 8.42. The smallest absolute Gasteiger partial charge is 0.253 e. The molecular weight excluding hydrogens is 375 g/mol. The lowest BCUT2D eigenvalue weighted by Gasteiger charge is -2.29. The highest BCUT2D eigenvalue weighted by atomic mass is 32.2. The summed E-state index contributed by atoms with van der Waals surface area (Å²) in [5.41, 5.74) is 2.59. The number of benzene rings is 2. The molecule has 4 rings (SSSR count). The van der Waals surface area contributed by atoms with Crippen LogP contribution in [0.15, 0.2) is 48.5 Å². The van der Waals surface area contributed by atoms with E-state index in [4.69, 9.17) is 4.74 Å². The number of ether oxygens (including phenoxy) is 1. The Bertz CT molecular complexity index is 808. The molecule has 4 nitrogen and oxygen atoms in total. The first-order valence-corrected chi connectivity index (χ1v) is 10.9. The highest BCUT2D eigenvalue weighted by Crippen LogP contribution is 2.35. The van der Waals surface area contributed by atoms with Gasteiger partial charge in [-0.25, -0.2) is 4.39 Å². The second-order valence-electron chi connectivity index (χ2n) is 7.11. The van der Waals surface area contributed by atoms with Crippen LogP contribution in [0.25, 0.3) is 0 Å². The molecule has 0 aromatic heterocycles. The number of morpholine rings is 1. The largest absolute Gasteiger partial charge is 0.378 e. The molecule has 1 unspecified atom stereocenters. The van der Waals surface area contributed by atoms with Crippen LogP contribution in [0.4, 0.5) is 10.1 Å². The predicted octanol–water partition coefficient (Wildman–Crippen LogP) is 3.98. The number of carbonyl (C=O) groups is 1. The van der Waals surface area contributed by atoms with Crippen molar-refractivity contribution in [2.24, 2.45) is 0 Å². The zero-order chi connectivity index (χ0) is 19.3. The zero-order valence-electron chi connectivity index (χ0n) is 15.9. The van der Waals surface area contributed by atoms with Crippen LogP contribution < -0.4 is 4.90 Å². The molecule has 2 aromatic carbocycles. The summed E-state index contributed by atoms with van der Waals surface area (Å²) in [4.78, 5) is 17.1. The minimum Gasteiger partial charge on any atom is -0.378 e. The monoisotopic (exact) mass is 400 g/mol. The highest BCUT2D eigenvalue weighted by Gasteiger charge is 2.24. The standard InChI is InChI=1S/C22H25FN2O2S/c23-20-4-2-1-3-19(20)21-9-10-25(13-16-28-21)22(26)17-5-7-18(8-6-17)24-11-14-27-15-12-24/h1-8,21H,9-16H2. The maximum atomic E-state index is 14.1. The van der Waals surface area contributed by atoms with Crippen molar-refractivity contribution in [3.8, 4) is 0 Å². The Labute approximate surface area is 169 Å². The van der Waals surface area contributed by atoms with Crippen molar-refractivity contribution in [3.63, 3.8) is 0 Å². The molecule has 1 atom stereocenters. The third kappa shape index (κ3) is 4.33. The van der Waals surface area contributed by atoms with Crippen molar-refractivity contribution in [1.82, 2.24) is 4.90 Å². The van der Waals surface area contributed by atoms with Gasteiger partial charge in [0.2, 0.25) is 0 Å². The summed E-state index contributed by atoms with van der Waals surface area (Å²) in [6.45, 7) is 4.60. The van der Waals surface area contributed by atoms with E-state index in [1.165, 1.54) is 6.07 Å².